The Morgan fingerprint density at radius 2 is 2.02 bits per heavy atom. The highest BCUT2D eigenvalue weighted by Gasteiger charge is 2.37. The van der Waals surface area contributed by atoms with Crippen molar-refractivity contribution >= 4 is 27.2 Å². The fourth-order valence-corrected chi connectivity index (χ4v) is 6.94. The molecule has 1 fully saturated rings. The molecule has 0 aliphatic carbocycles. The fourth-order valence-electron chi connectivity index (χ4n) is 5.81. The number of fused-ring (bicyclic) bond motifs is 2. The van der Waals surface area contributed by atoms with E-state index in [0.29, 0.717) is 39.4 Å². The van der Waals surface area contributed by atoms with Crippen molar-refractivity contribution in [3.63, 3.8) is 0 Å². The molecule has 2 aliphatic rings. The number of hydrogen-bond acceptors (Lipinski definition) is 8. The largest absolute Gasteiger partial charge is 0.489 e. The van der Waals surface area contributed by atoms with Gasteiger partial charge in [-0.15, -0.1) is 11.3 Å². The predicted octanol–water partition coefficient (Wildman–Crippen LogP) is 4.11. The molecule has 3 aromatic heterocycles. The Hall–Kier alpha value is -4.15. The maximum Gasteiger partial charge on any atom is 0.406 e. The first kappa shape index (κ1) is 28.0. The van der Waals surface area contributed by atoms with Crippen LogP contribution < -0.4 is 26.2 Å². The molecule has 218 valence electrons. The van der Waals surface area contributed by atoms with Gasteiger partial charge in [-0.3, -0.25) is 18.9 Å². The molecular weight excluding hydrogens is 569 g/mol. The summed E-state index contributed by atoms with van der Waals surface area (Å²) < 4.78 is 47.0. The number of benzene rings is 1. The van der Waals surface area contributed by atoms with Gasteiger partial charge in [0.1, 0.15) is 18.9 Å². The van der Waals surface area contributed by atoms with Gasteiger partial charge >= 0.3 is 11.9 Å². The van der Waals surface area contributed by atoms with Crippen LogP contribution in [0.3, 0.4) is 0 Å². The number of hydrogen-bond donors (Lipinski definition) is 1. The lowest BCUT2D eigenvalue weighted by molar-refractivity contribution is -0.141. The number of thiophene rings is 1. The van der Waals surface area contributed by atoms with Gasteiger partial charge in [0.2, 0.25) is 0 Å². The number of anilines is 1. The molecule has 0 amide bonds. The molecule has 1 unspecified atom stereocenters. The quantitative estimate of drug-likeness (QED) is 0.370. The van der Waals surface area contributed by atoms with Gasteiger partial charge in [0.05, 0.1) is 40.6 Å². The molecule has 42 heavy (non-hydrogen) atoms. The molecule has 0 bridgehead atoms. The first-order valence-electron chi connectivity index (χ1n) is 13.4. The third-order valence-electron chi connectivity index (χ3n) is 7.64. The first-order chi connectivity index (χ1) is 19.9. The van der Waals surface area contributed by atoms with E-state index in [0.717, 1.165) is 51.3 Å². The second-order valence-corrected chi connectivity index (χ2v) is 12.3. The Morgan fingerprint density at radius 3 is 2.74 bits per heavy atom. The number of nitrogens with one attached hydrogen (secondary N) is 1. The van der Waals surface area contributed by atoms with Gasteiger partial charge in [-0.1, -0.05) is 0 Å². The summed E-state index contributed by atoms with van der Waals surface area (Å²) in [5, 5.41) is 13.4. The maximum atomic E-state index is 13.0. The first-order valence-corrected chi connectivity index (χ1v) is 14.2. The molecule has 9 nitrogen and oxygen atoms in total. The standard InChI is InChI=1S/C29H27F3N6O3S/c1-28(2)12-18(14-35-28)37-7-8-41-23-10-17(13-33)9-21(25(23)37)20-3-5-34-22-11-19(42-26(20)22)15-38-24(39)4-6-36(27(38)40)16-29(30,31)32/h3-6,9-11,18,35H,7-8,12,14-16H2,1-2H3. The molecule has 5 heterocycles. The minimum Gasteiger partial charge on any atom is -0.489 e. The zero-order chi connectivity index (χ0) is 29.8. The summed E-state index contributed by atoms with van der Waals surface area (Å²) in [5.41, 5.74) is 1.80. The van der Waals surface area contributed by atoms with Crippen LogP contribution in [-0.4, -0.2) is 51.6 Å². The Bertz CT molecular complexity index is 1850. The van der Waals surface area contributed by atoms with Gasteiger partial charge in [-0.05, 0) is 38.5 Å². The van der Waals surface area contributed by atoms with Crippen molar-refractivity contribution in [2.45, 2.75) is 51.1 Å². The van der Waals surface area contributed by atoms with Crippen LogP contribution in [0.5, 0.6) is 5.75 Å². The highest BCUT2D eigenvalue weighted by molar-refractivity contribution is 7.19. The summed E-state index contributed by atoms with van der Waals surface area (Å²) >= 11 is 1.30. The van der Waals surface area contributed by atoms with Crippen LogP contribution >= 0.6 is 11.3 Å². The molecule has 13 heteroatoms. The second-order valence-electron chi connectivity index (χ2n) is 11.2. The summed E-state index contributed by atoms with van der Waals surface area (Å²) in [5.74, 6) is 0.628. The average Bonchev–Trinajstić information content (AvgIpc) is 3.53. The van der Waals surface area contributed by atoms with Gasteiger partial charge in [0.15, 0.2) is 0 Å². The van der Waals surface area contributed by atoms with Crippen molar-refractivity contribution in [3.05, 3.63) is 74.0 Å². The highest BCUT2D eigenvalue weighted by Crippen LogP contribution is 2.46. The van der Waals surface area contributed by atoms with E-state index in [1.165, 1.54) is 11.3 Å². The van der Waals surface area contributed by atoms with Crippen molar-refractivity contribution in [3.8, 4) is 22.9 Å². The molecule has 6 rings (SSSR count). The highest BCUT2D eigenvalue weighted by atomic mass is 32.1. The van der Waals surface area contributed by atoms with E-state index >= 15 is 0 Å². The SMILES string of the molecule is CC1(C)CC(N2CCOc3cc(C#N)cc(-c4ccnc5cc(Cn6c(=O)ccn(CC(F)(F)F)c6=O)sc45)c32)CN1. The molecule has 1 N–H and O–H groups in total. The van der Waals surface area contributed by atoms with Gasteiger partial charge in [-0.25, -0.2) is 4.79 Å². The van der Waals surface area contributed by atoms with E-state index < -0.39 is 24.0 Å². The summed E-state index contributed by atoms with van der Waals surface area (Å²) in [6, 6.07) is 10.6. The van der Waals surface area contributed by atoms with E-state index in [1.54, 1.807) is 18.3 Å². The monoisotopic (exact) mass is 596 g/mol. The van der Waals surface area contributed by atoms with E-state index in [4.69, 9.17) is 4.74 Å². The number of nitriles is 1. The van der Waals surface area contributed by atoms with Gasteiger partial charge < -0.3 is 15.0 Å². The molecule has 1 atom stereocenters. The minimum absolute atomic E-state index is 0.0172. The third kappa shape index (κ3) is 5.28. The zero-order valence-electron chi connectivity index (χ0n) is 22.9. The summed E-state index contributed by atoms with van der Waals surface area (Å²) in [4.78, 5) is 32.7. The Kier molecular flexibility index (Phi) is 6.86. The Morgan fingerprint density at radius 1 is 1.21 bits per heavy atom. The smallest absolute Gasteiger partial charge is 0.406 e. The lowest BCUT2D eigenvalue weighted by Crippen LogP contribution is -2.42. The van der Waals surface area contributed by atoms with E-state index in [9.17, 15) is 28.0 Å². The molecule has 1 aromatic carbocycles. The summed E-state index contributed by atoms with van der Waals surface area (Å²) in [6.07, 6.45) is -1.17. The van der Waals surface area contributed by atoms with Crippen molar-refractivity contribution < 1.29 is 17.9 Å². The third-order valence-corrected chi connectivity index (χ3v) is 8.78. The minimum atomic E-state index is -4.61. The van der Waals surface area contributed by atoms with Crippen LogP contribution in [-0.2, 0) is 13.1 Å². The summed E-state index contributed by atoms with van der Waals surface area (Å²) in [7, 11) is 0. The topological polar surface area (TPSA) is 105 Å². The number of rotatable bonds is 5. The average molecular weight is 597 g/mol. The normalized spacial score (nSPS) is 18.1. The van der Waals surface area contributed by atoms with Crippen molar-refractivity contribution in [1.82, 2.24) is 19.4 Å². The van der Waals surface area contributed by atoms with Crippen LogP contribution in [0.1, 0.15) is 30.7 Å². The lowest BCUT2D eigenvalue weighted by Gasteiger charge is -2.37. The van der Waals surface area contributed by atoms with Crippen molar-refractivity contribution in [2.75, 3.05) is 24.6 Å². The second kappa shape index (κ2) is 10.3. The van der Waals surface area contributed by atoms with Crippen LogP contribution in [0.15, 0.2) is 52.3 Å². The van der Waals surface area contributed by atoms with Gasteiger partial charge in [0, 0.05) is 58.7 Å². The Balaban J connectivity index is 1.45. The number of aromatic nitrogens is 3. The number of pyridine rings is 1. The molecule has 0 saturated carbocycles. The molecule has 0 spiro atoms. The number of alkyl halides is 3. The molecular formula is C29H27F3N6O3S. The number of halogens is 3. The van der Waals surface area contributed by atoms with Gasteiger partial charge in [-0.2, -0.15) is 18.4 Å². The van der Waals surface area contributed by atoms with Crippen LogP contribution in [0.4, 0.5) is 18.9 Å². The van der Waals surface area contributed by atoms with E-state index in [-0.39, 0.29) is 18.1 Å². The van der Waals surface area contributed by atoms with Crippen LogP contribution in [0.2, 0.25) is 0 Å². The van der Waals surface area contributed by atoms with Gasteiger partial charge in [0.25, 0.3) is 5.56 Å². The van der Waals surface area contributed by atoms with E-state index in [1.807, 2.05) is 12.1 Å². The molecule has 1 saturated heterocycles. The fraction of sp³-hybridized carbons (Fsp3) is 0.379. The number of ether oxygens (including phenoxy) is 1. The maximum absolute atomic E-state index is 13.0. The predicted molar refractivity (Wildman–Crippen MR) is 153 cm³/mol. The summed E-state index contributed by atoms with van der Waals surface area (Å²) in [6.45, 7) is 4.62. The lowest BCUT2D eigenvalue weighted by atomic mass is 9.96. The van der Waals surface area contributed by atoms with Crippen molar-refractivity contribution in [2.24, 2.45) is 0 Å². The number of nitrogens with zero attached hydrogens (tertiary/aromatic N) is 5. The zero-order valence-corrected chi connectivity index (χ0v) is 23.7. The Labute approximate surface area is 242 Å². The van der Waals surface area contributed by atoms with Crippen LogP contribution in [0, 0.1) is 11.3 Å². The molecule has 4 aromatic rings. The van der Waals surface area contributed by atoms with Crippen LogP contribution in [0.25, 0.3) is 21.3 Å². The van der Waals surface area contributed by atoms with E-state index in [2.05, 4.69) is 35.1 Å². The molecule has 0 radical (unpaired) electrons. The molecule has 2 aliphatic heterocycles. The van der Waals surface area contributed by atoms with Crippen molar-refractivity contribution in [1.29, 1.82) is 5.26 Å².